The quantitative estimate of drug-likeness (QED) is 0.811. The average molecular weight is 289 g/mol. The van der Waals surface area contributed by atoms with Crippen LogP contribution in [0.5, 0.6) is 0 Å². The normalized spacial score (nSPS) is 18.1. The SMILES string of the molecule is CCN(CC)Cc1ccccc1NC(=O)CC1CCCN1. The molecule has 2 rings (SSSR count). The van der Waals surface area contributed by atoms with Crippen molar-refractivity contribution in [2.75, 3.05) is 25.0 Å². The van der Waals surface area contributed by atoms with Crippen LogP contribution in [0.15, 0.2) is 24.3 Å². The molecule has 2 N–H and O–H groups in total. The minimum absolute atomic E-state index is 0.112. The number of hydrogen-bond donors (Lipinski definition) is 2. The highest BCUT2D eigenvalue weighted by molar-refractivity contribution is 5.91. The summed E-state index contributed by atoms with van der Waals surface area (Å²) in [5.41, 5.74) is 2.14. The molecule has 1 heterocycles. The second kappa shape index (κ2) is 8.15. The zero-order valence-corrected chi connectivity index (χ0v) is 13.2. The molecule has 4 heteroatoms. The van der Waals surface area contributed by atoms with E-state index in [2.05, 4.69) is 35.4 Å². The van der Waals surface area contributed by atoms with Crippen LogP contribution in [0.4, 0.5) is 5.69 Å². The Kier molecular flexibility index (Phi) is 6.21. The predicted octanol–water partition coefficient (Wildman–Crippen LogP) is 2.61. The van der Waals surface area contributed by atoms with Crippen molar-refractivity contribution in [3.05, 3.63) is 29.8 Å². The Hall–Kier alpha value is -1.39. The first-order valence-corrected chi connectivity index (χ1v) is 8.06. The maximum absolute atomic E-state index is 12.2. The standard InChI is InChI=1S/C17H27N3O/c1-3-20(4-2)13-14-8-5-6-10-16(14)19-17(21)12-15-9-7-11-18-15/h5-6,8,10,15,18H,3-4,7,9,11-13H2,1-2H3,(H,19,21). The van der Waals surface area contributed by atoms with Gasteiger partial charge in [-0.05, 0) is 44.1 Å². The van der Waals surface area contributed by atoms with Gasteiger partial charge in [0.05, 0.1) is 0 Å². The molecule has 1 unspecified atom stereocenters. The van der Waals surface area contributed by atoms with Crippen molar-refractivity contribution in [2.24, 2.45) is 0 Å². The van der Waals surface area contributed by atoms with Gasteiger partial charge < -0.3 is 10.6 Å². The molecule has 1 fully saturated rings. The zero-order valence-electron chi connectivity index (χ0n) is 13.2. The lowest BCUT2D eigenvalue weighted by atomic mass is 10.1. The Balaban J connectivity index is 1.96. The molecule has 21 heavy (non-hydrogen) atoms. The second-order valence-corrected chi connectivity index (χ2v) is 5.66. The molecule has 0 aliphatic carbocycles. The summed E-state index contributed by atoms with van der Waals surface area (Å²) in [6.45, 7) is 8.28. The van der Waals surface area contributed by atoms with Crippen LogP contribution in [-0.2, 0) is 11.3 Å². The largest absolute Gasteiger partial charge is 0.326 e. The number of rotatable bonds is 7. The fourth-order valence-corrected chi connectivity index (χ4v) is 2.82. The van der Waals surface area contributed by atoms with Crippen LogP contribution < -0.4 is 10.6 Å². The van der Waals surface area contributed by atoms with E-state index in [1.807, 2.05) is 18.2 Å². The Morgan fingerprint density at radius 3 is 2.76 bits per heavy atom. The summed E-state index contributed by atoms with van der Waals surface area (Å²) in [6.07, 6.45) is 2.85. The molecule has 116 valence electrons. The summed E-state index contributed by atoms with van der Waals surface area (Å²) in [5, 5.41) is 6.45. The van der Waals surface area contributed by atoms with E-state index in [1.165, 1.54) is 12.0 Å². The topological polar surface area (TPSA) is 44.4 Å². The summed E-state index contributed by atoms with van der Waals surface area (Å²) in [4.78, 5) is 14.5. The molecule has 1 atom stereocenters. The summed E-state index contributed by atoms with van der Waals surface area (Å²) >= 11 is 0. The van der Waals surface area contributed by atoms with Gasteiger partial charge in [-0.2, -0.15) is 0 Å². The van der Waals surface area contributed by atoms with Crippen molar-refractivity contribution >= 4 is 11.6 Å². The molecule has 0 radical (unpaired) electrons. The van der Waals surface area contributed by atoms with Gasteiger partial charge in [0.2, 0.25) is 5.91 Å². The number of carbonyl (C=O) groups excluding carboxylic acids is 1. The van der Waals surface area contributed by atoms with Crippen molar-refractivity contribution in [3.8, 4) is 0 Å². The number of nitrogens with one attached hydrogen (secondary N) is 2. The minimum Gasteiger partial charge on any atom is -0.326 e. The molecule has 0 spiro atoms. The number of carbonyl (C=O) groups is 1. The molecule has 1 aliphatic heterocycles. The van der Waals surface area contributed by atoms with E-state index >= 15 is 0 Å². The minimum atomic E-state index is 0.112. The van der Waals surface area contributed by atoms with Crippen molar-refractivity contribution in [3.63, 3.8) is 0 Å². The Morgan fingerprint density at radius 1 is 1.33 bits per heavy atom. The zero-order chi connectivity index (χ0) is 15.1. The molecule has 0 bridgehead atoms. The maximum atomic E-state index is 12.2. The number of benzene rings is 1. The highest BCUT2D eigenvalue weighted by Crippen LogP contribution is 2.18. The molecule has 1 aromatic carbocycles. The van der Waals surface area contributed by atoms with E-state index in [0.29, 0.717) is 12.5 Å². The fraction of sp³-hybridized carbons (Fsp3) is 0.588. The highest BCUT2D eigenvalue weighted by atomic mass is 16.1. The third-order valence-electron chi connectivity index (χ3n) is 4.17. The van der Waals surface area contributed by atoms with Gasteiger partial charge >= 0.3 is 0 Å². The number of anilines is 1. The van der Waals surface area contributed by atoms with Crippen molar-refractivity contribution in [1.82, 2.24) is 10.2 Å². The maximum Gasteiger partial charge on any atom is 0.225 e. The first-order valence-electron chi connectivity index (χ1n) is 8.06. The third kappa shape index (κ3) is 4.83. The summed E-state index contributed by atoms with van der Waals surface area (Å²) < 4.78 is 0. The summed E-state index contributed by atoms with van der Waals surface area (Å²) in [7, 11) is 0. The lowest BCUT2D eigenvalue weighted by Gasteiger charge is -2.20. The van der Waals surface area contributed by atoms with E-state index < -0.39 is 0 Å². The van der Waals surface area contributed by atoms with Gasteiger partial charge in [-0.1, -0.05) is 32.0 Å². The van der Waals surface area contributed by atoms with Crippen molar-refractivity contribution in [1.29, 1.82) is 0 Å². The van der Waals surface area contributed by atoms with E-state index in [1.54, 1.807) is 0 Å². The van der Waals surface area contributed by atoms with Gasteiger partial charge in [0.1, 0.15) is 0 Å². The second-order valence-electron chi connectivity index (χ2n) is 5.66. The molecular weight excluding hydrogens is 262 g/mol. The molecule has 1 amide bonds. The lowest BCUT2D eigenvalue weighted by molar-refractivity contribution is -0.116. The number of para-hydroxylation sites is 1. The van der Waals surface area contributed by atoms with E-state index in [9.17, 15) is 4.79 Å². The van der Waals surface area contributed by atoms with Gasteiger partial charge in [0, 0.05) is 24.7 Å². The summed E-state index contributed by atoms with van der Waals surface area (Å²) in [5.74, 6) is 0.112. The lowest BCUT2D eigenvalue weighted by Crippen LogP contribution is -2.28. The Morgan fingerprint density at radius 2 is 2.10 bits per heavy atom. The van der Waals surface area contributed by atoms with E-state index in [-0.39, 0.29) is 5.91 Å². The van der Waals surface area contributed by atoms with Crippen LogP contribution in [0.25, 0.3) is 0 Å². The van der Waals surface area contributed by atoms with Crippen LogP contribution in [0.1, 0.15) is 38.7 Å². The number of amides is 1. The van der Waals surface area contributed by atoms with Crippen LogP contribution in [0, 0.1) is 0 Å². The molecule has 0 saturated carbocycles. The van der Waals surface area contributed by atoms with Gasteiger partial charge in [-0.15, -0.1) is 0 Å². The van der Waals surface area contributed by atoms with Gasteiger partial charge in [-0.3, -0.25) is 9.69 Å². The molecule has 1 saturated heterocycles. The van der Waals surface area contributed by atoms with Gasteiger partial charge in [0.25, 0.3) is 0 Å². The highest BCUT2D eigenvalue weighted by Gasteiger charge is 2.18. The van der Waals surface area contributed by atoms with Crippen molar-refractivity contribution in [2.45, 2.75) is 45.7 Å². The first kappa shape index (κ1) is 16.0. The fourth-order valence-electron chi connectivity index (χ4n) is 2.82. The Bertz CT molecular complexity index is 451. The molecule has 1 aromatic rings. The van der Waals surface area contributed by atoms with E-state index in [0.717, 1.165) is 38.3 Å². The monoisotopic (exact) mass is 289 g/mol. The third-order valence-corrected chi connectivity index (χ3v) is 4.17. The van der Waals surface area contributed by atoms with Crippen LogP contribution in [-0.4, -0.2) is 36.5 Å². The average Bonchev–Trinajstić information content (AvgIpc) is 2.99. The Labute approximate surface area is 127 Å². The van der Waals surface area contributed by atoms with Gasteiger partial charge in [0.15, 0.2) is 0 Å². The van der Waals surface area contributed by atoms with E-state index in [4.69, 9.17) is 0 Å². The first-order chi connectivity index (χ1) is 10.2. The molecule has 1 aliphatic rings. The van der Waals surface area contributed by atoms with Crippen LogP contribution >= 0.6 is 0 Å². The predicted molar refractivity (Wildman–Crippen MR) is 87.3 cm³/mol. The van der Waals surface area contributed by atoms with Crippen LogP contribution in [0.2, 0.25) is 0 Å². The number of hydrogen-bond acceptors (Lipinski definition) is 3. The molecule has 0 aromatic heterocycles. The molecule has 4 nitrogen and oxygen atoms in total. The van der Waals surface area contributed by atoms with Crippen molar-refractivity contribution < 1.29 is 4.79 Å². The molecular formula is C17H27N3O. The van der Waals surface area contributed by atoms with Crippen LogP contribution in [0.3, 0.4) is 0 Å². The number of nitrogens with zero attached hydrogens (tertiary/aromatic N) is 1. The van der Waals surface area contributed by atoms with Gasteiger partial charge in [-0.25, -0.2) is 0 Å². The smallest absolute Gasteiger partial charge is 0.225 e. The summed E-state index contributed by atoms with van der Waals surface area (Å²) in [6, 6.07) is 8.46.